The van der Waals surface area contributed by atoms with E-state index in [4.69, 9.17) is 10.1 Å². The highest BCUT2D eigenvalue weighted by Crippen LogP contribution is 2.49. The largest absolute Gasteiger partial charge is 0.481 e. The molecule has 1 N–H and O–H groups in total. The van der Waals surface area contributed by atoms with Crippen LogP contribution >= 0.6 is 12.4 Å². The third-order valence-corrected chi connectivity index (χ3v) is 3.04. The van der Waals surface area contributed by atoms with Crippen LogP contribution in [-0.2, 0) is 10.2 Å². The van der Waals surface area contributed by atoms with Crippen LogP contribution in [0.25, 0.3) is 0 Å². The minimum absolute atomic E-state index is 0. The first kappa shape index (κ1) is 13.0. The van der Waals surface area contributed by atoms with Gasteiger partial charge in [0.2, 0.25) is 0 Å². The quantitative estimate of drug-likeness (QED) is 0.636. The lowest BCUT2D eigenvalue weighted by Crippen LogP contribution is -2.22. The number of hydrogen-bond donors (Lipinski definition) is 1. The molecule has 0 bridgehead atoms. The van der Waals surface area contributed by atoms with E-state index in [-0.39, 0.29) is 17.8 Å². The summed E-state index contributed by atoms with van der Waals surface area (Å²) < 4.78 is 5.35. The Bertz CT molecular complexity index is 385. The third-order valence-electron chi connectivity index (χ3n) is 3.04. The first-order valence-electron chi connectivity index (χ1n) is 5.48. The fourth-order valence-corrected chi connectivity index (χ4v) is 2.00. The van der Waals surface area contributed by atoms with Crippen LogP contribution in [0, 0.1) is 12.3 Å². The third kappa shape index (κ3) is 2.22. The zero-order chi connectivity index (χ0) is 10.9. The van der Waals surface area contributed by atoms with Gasteiger partial charge in [0, 0.05) is 0 Å². The van der Waals surface area contributed by atoms with Crippen molar-refractivity contribution < 1.29 is 4.74 Å². The van der Waals surface area contributed by atoms with Crippen LogP contribution in [0.2, 0.25) is 0 Å². The summed E-state index contributed by atoms with van der Waals surface area (Å²) in [5, 5.41) is 7.94. The monoisotopic (exact) mass is 239 g/mol. The second kappa shape index (κ2) is 4.88. The molecule has 2 nitrogen and oxygen atoms in total. The molecule has 2 rings (SSSR count). The minimum atomic E-state index is -0.0952. The fraction of sp³-hybridized carbons (Fsp3) is 0.462. The van der Waals surface area contributed by atoms with E-state index < -0.39 is 0 Å². The van der Waals surface area contributed by atoms with E-state index in [1.807, 2.05) is 6.92 Å². The maximum Gasteiger partial charge on any atom is 0.191 e. The van der Waals surface area contributed by atoms with Crippen molar-refractivity contribution in [1.29, 1.82) is 5.41 Å². The molecule has 0 amide bonds. The van der Waals surface area contributed by atoms with E-state index in [1.54, 1.807) is 0 Å². The van der Waals surface area contributed by atoms with Crippen molar-refractivity contribution in [3.8, 4) is 0 Å². The van der Waals surface area contributed by atoms with Crippen molar-refractivity contribution in [2.45, 2.75) is 32.1 Å². The topological polar surface area (TPSA) is 33.1 Å². The van der Waals surface area contributed by atoms with E-state index in [2.05, 4.69) is 31.2 Å². The van der Waals surface area contributed by atoms with Gasteiger partial charge in [-0.15, -0.1) is 12.4 Å². The molecule has 0 heterocycles. The van der Waals surface area contributed by atoms with Gasteiger partial charge in [-0.2, -0.15) is 0 Å². The molecule has 0 spiro atoms. The Morgan fingerprint density at radius 1 is 1.44 bits per heavy atom. The van der Waals surface area contributed by atoms with Crippen LogP contribution in [0.5, 0.6) is 0 Å². The van der Waals surface area contributed by atoms with Crippen LogP contribution in [0.1, 0.15) is 30.9 Å². The van der Waals surface area contributed by atoms with Crippen LogP contribution < -0.4 is 0 Å². The first-order chi connectivity index (χ1) is 7.19. The van der Waals surface area contributed by atoms with Crippen molar-refractivity contribution in [3.05, 3.63) is 35.4 Å². The summed E-state index contributed by atoms with van der Waals surface area (Å²) in [6, 6.07) is 8.42. The van der Waals surface area contributed by atoms with Crippen LogP contribution in [0.3, 0.4) is 0 Å². The van der Waals surface area contributed by atoms with Gasteiger partial charge < -0.3 is 4.74 Å². The van der Waals surface area contributed by atoms with Gasteiger partial charge >= 0.3 is 0 Å². The Balaban J connectivity index is 0.00000128. The van der Waals surface area contributed by atoms with Crippen LogP contribution in [0.15, 0.2) is 24.3 Å². The first-order valence-corrected chi connectivity index (χ1v) is 5.48. The number of halogens is 1. The highest BCUT2D eigenvalue weighted by Gasteiger charge is 2.49. The number of ether oxygens (including phenoxy) is 1. The van der Waals surface area contributed by atoms with Gasteiger partial charge in [-0.25, -0.2) is 0 Å². The highest BCUT2D eigenvalue weighted by atomic mass is 35.5. The van der Waals surface area contributed by atoms with Gasteiger partial charge in [0.25, 0.3) is 0 Å². The van der Waals surface area contributed by atoms with Crippen molar-refractivity contribution in [2.24, 2.45) is 0 Å². The average molecular weight is 240 g/mol. The molecule has 1 aliphatic carbocycles. The smallest absolute Gasteiger partial charge is 0.191 e. The zero-order valence-corrected chi connectivity index (χ0v) is 10.6. The molecule has 1 fully saturated rings. The van der Waals surface area contributed by atoms with E-state index >= 15 is 0 Å². The predicted octanol–water partition coefficient (Wildman–Crippen LogP) is 3.46. The molecule has 0 atom stereocenters. The molecule has 0 aliphatic heterocycles. The van der Waals surface area contributed by atoms with Gasteiger partial charge in [0.1, 0.15) is 0 Å². The summed E-state index contributed by atoms with van der Waals surface area (Å²) in [4.78, 5) is 0. The fourth-order valence-electron chi connectivity index (χ4n) is 2.00. The van der Waals surface area contributed by atoms with Crippen molar-refractivity contribution >= 4 is 18.3 Å². The Labute approximate surface area is 103 Å². The summed E-state index contributed by atoms with van der Waals surface area (Å²) in [6.07, 6.45) is 2.10. The number of benzene rings is 1. The van der Waals surface area contributed by atoms with Crippen LogP contribution in [0.4, 0.5) is 0 Å². The van der Waals surface area contributed by atoms with E-state index in [0.717, 1.165) is 12.8 Å². The molecule has 16 heavy (non-hydrogen) atoms. The summed E-state index contributed by atoms with van der Waals surface area (Å²) in [5.74, 6) is 0.440. The molecule has 0 radical (unpaired) electrons. The Kier molecular flexibility index (Phi) is 3.98. The van der Waals surface area contributed by atoms with Gasteiger partial charge in [0.05, 0.1) is 12.0 Å². The lowest BCUT2D eigenvalue weighted by Gasteiger charge is -2.17. The SMILES string of the molecule is CCOC(=N)C1(c2cccc(C)c2)CC1.Cl. The Morgan fingerprint density at radius 2 is 2.12 bits per heavy atom. The summed E-state index contributed by atoms with van der Waals surface area (Å²) in [7, 11) is 0. The maximum absolute atomic E-state index is 7.94. The number of hydrogen-bond acceptors (Lipinski definition) is 2. The molecule has 1 saturated carbocycles. The second-order valence-electron chi connectivity index (χ2n) is 4.21. The molecular formula is C13H18ClNO. The zero-order valence-electron chi connectivity index (χ0n) is 9.75. The van der Waals surface area contributed by atoms with Gasteiger partial charge in [-0.05, 0) is 32.3 Å². The average Bonchev–Trinajstić information content (AvgIpc) is 2.99. The Hall–Kier alpha value is -1.02. The van der Waals surface area contributed by atoms with Crippen molar-refractivity contribution in [3.63, 3.8) is 0 Å². The second-order valence-corrected chi connectivity index (χ2v) is 4.21. The standard InChI is InChI=1S/C13H17NO.ClH/c1-3-15-12(14)13(7-8-13)11-6-4-5-10(2)9-11;/h4-6,9,14H,3,7-8H2,1-2H3;1H. The number of aryl methyl sites for hydroxylation is 1. The minimum Gasteiger partial charge on any atom is -0.481 e. The maximum atomic E-state index is 7.94. The molecule has 3 heteroatoms. The molecule has 0 aromatic heterocycles. The van der Waals surface area contributed by atoms with Gasteiger partial charge in [-0.1, -0.05) is 29.8 Å². The highest BCUT2D eigenvalue weighted by molar-refractivity contribution is 5.89. The molecular weight excluding hydrogens is 222 g/mol. The van der Waals surface area contributed by atoms with Crippen molar-refractivity contribution in [2.75, 3.05) is 6.61 Å². The summed E-state index contributed by atoms with van der Waals surface area (Å²) >= 11 is 0. The predicted molar refractivity (Wildman–Crippen MR) is 68.7 cm³/mol. The Morgan fingerprint density at radius 3 is 2.62 bits per heavy atom. The van der Waals surface area contributed by atoms with Gasteiger partial charge in [0.15, 0.2) is 5.90 Å². The molecule has 0 unspecified atom stereocenters. The number of nitrogens with one attached hydrogen (secondary N) is 1. The van der Waals surface area contributed by atoms with E-state index in [1.165, 1.54) is 11.1 Å². The normalized spacial score (nSPS) is 16.1. The summed E-state index contributed by atoms with van der Waals surface area (Å²) in [6.45, 7) is 4.61. The van der Waals surface area contributed by atoms with Crippen LogP contribution in [-0.4, -0.2) is 12.5 Å². The molecule has 1 aliphatic rings. The van der Waals surface area contributed by atoms with E-state index in [0.29, 0.717) is 12.5 Å². The number of rotatable bonds is 3. The molecule has 1 aromatic rings. The molecule has 1 aromatic carbocycles. The lowest BCUT2D eigenvalue weighted by atomic mass is 9.94. The molecule has 88 valence electrons. The van der Waals surface area contributed by atoms with Crippen molar-refractivity contribution in [1.82, 2.24) is 0 Å². The van der Waals surface area contributed by atoms with Gasteiger partial charge in [-0.3, -0.25) is 5.41 Å². The molecule has 0 saturated heterocycles. The van der Waals surface area contributed by atoms with E-state index in [9.17, 15) is 0 Å². The summed E-state index contributed by atoms with van der Waals surface area (Å²) in [5.41, 5.74) is 2.39. The lowest BCUT2D eigenvalue weighted by molar-refractivity contribution is 0.305.